The summed E-state index contributed by atoms with van der Waals surface area (Å²) >= 11 is 0. The minimum atomic E-state index is -0.984. The highest BCUT2D eigenvalue weighted by Gasteiger charge is 2.41. The van der Waals surface area contributed by atoms with Crippen molar-refractivity contribution in [2.75, 3.05) is 129 Å². The summed E-state index contributed by atoms with van der Waals surface area (Å²) in [5.74, 6) is 1.27. The molecular formula is C91H102N2O20. The number of esters is 6. The molecule has 0 bridgehead atoms. The van der Waals surface area contributed by atoms with Crippen LogP contribution in [0.1, 0.15) is 137 Å². The van der Waals surface area contributed by atoms with Crippen LogP contribution in [-0.4, -0.2) is 155 Å². The van der Waals surface area contributed by atoms with E-state index in [4.69, 9.17) is 66.3 Å². The standard InChI is InChI=1S/C91H102N2O20/c1-5-89(6-2,63-110-83(94)21-9-7-15-51-106-85(96)39-41-87(98)108-59-57-104-71-35-27-67(28-36-71)90(65-23-31-69(100-3)32-24-65)45-43-77-73-17-11-13-19-75(73)79(61-81(77)112-90)92-47-53-102-54-48-92)64-111-84(95)22-10-8-16-52-107-86(97)40-42-88(99)109-60-58-105-72-37-29-68(30-38-72)91(66-25-33-70(101-4)34-26-66)46-44-78-74-18-12-14-20-76(74)80(62-82(78)113-91)93-49-55-103-56-50-93/h11-14,17-20,23-38,43-46,61-62H,5-10,15-16,21-22,39-42,47-60,63-64H2,1-4H3. The summed E-state index contributed by atoms with van der Waals surface area (Å²) < 4.78 is 81.5. The molecule has 4 heterocycles. The predicted octanol–water partition coefficient (Wildman–Crippen LogP) is 15.6. The second-order valence-electron chi connectivity index (χ2n) is 28.5. The number of methoxy groups -OCH3 is 2. The van der Waals surface area contributed by atoms with E-state index in [9.17, 15) is 28.8 Å². The van der Waals surface area contributed by atoms with Gasteiger partial charge in [-0.1, -0.05) is 111 Å². The molecule has 113 heavy (non-hydrogen) atoms. The maximum absolute atomic E-state index is 12.8. The topological polar surface area (TPSA) is 238 Å². The van der Waals surface area contributed by atoms with Crippen LogP contribution in [0, 0.1) is 5.41 Å². The van der Waals surface area contributed by atoms with E-state index in [2.05, 4.69) is 94.8 Å². The minimum Gasteiger partial charge on any atom is -0.497 e. The number of hydrogen-bond acceptors (Lipinski definition) is 22. The van der Waals surface area contributed by atoms with Gasteiger partial charge in [-0.3, -0.25) is 28.8 Å². The lowest BCUT2D eigenvalue weighted by Crippen LogP contribution is -2.37. The second kappa shape index (κ2) is 39.9. The Balaban J connectivity index is 0.475. The fourth-order valence-corrected chi connectivity index (χ4v) is 14.5. The van der Waals surface area contributed by atoms with Gasteiger partial charge >= 0.3 is 35.8 Å². The Morgan fingerprint density at radius 3 is 1.04 bits per heavy atom. The van der Waals surface area contributed by atoms with Crippen LogP contribution in [0.3, 0.4) is 0 Å². The lowest BCUT2D eigenvalue weighted by molar-refractivity contribution is -0.155. The third kappa shape index (κ3) is 21.0. The normalized spacial score (nSPS) is 16.4. The number of morpholine rings is 2. The SMILES string of the molecule is CCC(CC)(COC(=O)CCCCCOC(=O)CCC(=O)OCCOc1ccc(C2(c3ccc(OC)cc3)C=Cc3c(cc(N4CCOCC4)c4ccccc34)O2)cc1)COC(=O)CCCCCOC(=O)CCC(=O)OCCOc1ccc(C2(c3ccc(OC)cc3)C=Cc3c(cc(N4CCOCC4)c4ccccc34)O2)cc1. The minimum absolute atomic E-state index is 0.0157. The molecule has 2 atom stereocenters. The van der Waals surface area contributed by atoms with Gasteiger partial charge in [0, 0.05) is 112 Å². The van der Waals surface area contributed by atoms with Crippen LogP contribution in [0.5, 0.6) is 34.5 Å². The molecular weight excluding hydrogens is 1440 g/mol. The second-order valence-corrected chi connectivity index (χ2v) is 28.5. The highest BCUT2D eigenvalue weighted by atomic mass is 16.6. The summed E-state index contributed by atoms with van der Waals surface area (Å²) in [4.78, 5) is 80.5. The Morgan fingerprint density at radius 2 is 0.699 bits per heavy atom. The van der Waals surface area contributed by atoms with Gasteiger partial charge in [-0.2, -0.15) is 0 Å². The summed E-state index contributed by atoms with van der Waals surface area (Å²) in [6.45, 7) is 10.3. The third-order valence-corrected chi connectivity index (χ3v) is 21.3. The van der Waals surface area contributed by atoms with Gasteiger partial charge in [-0.05, 0) is 135 Å². The maximum Gasteiger partial charge on any atom is 0.306 e. The molecule has 0 aliphatic carbocycles. The highest BCUT2D eigenvalue weighted by molar-refractivity contribution is 6.03. The molecule has 0 amide bonds. The number of rotatable bonds is 40. The van der Waals surface area contributed by atoms with Gasteiger partial charge in [-0.15, -0.1) is 0 Å². The Bertz CT molecular complexity index is 4300. The fraction of sp³-hybridized carbons (Fsp3) is 0.407. The van der Waals surface area contributed by atoms with Crippen LogP contribution in [0.15, 0.2) is 170 Å². The largest absolute Gasteiger partial charge is 0.497 e. The number of hydrogen-bond donors (Lipinski definition) is 0. The summed E-state index contributed by atoms with van der Waals surface area (Å²) in [5.41, 5.74) is 5.30. The van der Waals surface area contributed by atoms with E-state index < -0.39 is 40.5 Å². The average molecular weight is 1540 g/mol. The molecule has 2 unspecified atom stereocenters. The Kier molecular flexibility index (Phi) is 28.7. The van der Waals surface area contributed by atoms with E-state index in [0.29, 0.717) is 89.3 Å². The fourth-order valence-electron chi connectivity index (χ4n) is 14.5. The molecule has 4 aliphatic rings. The Labute approximate surface area is 660 Å². The maximum atomic E-state index is 12.8. The van der Waals surface area contributed by atoms with Gasteiger partial charge in [-0.25, -0.2) is 0 Å². The quantitative estimate of drug-likeness (QED) is 0.0197. The zero-order chi connectivity index (χ0) is 78.8. The summed E-state index contributed by atoms with van der Waals surface area (Å²) in [6.07, 6.45) is 12.8. The Morgan fingerprint density at radius 1 is 0.372 bits per heavy atom. The lowest BCUT2D eigenvalue weighted by Gasteiger charge is -2.38. The van der Waals surface area contributed by atoms with Crippen molar-refractivity contribution in [3.63, 3.8) is 0 Å². The molecule has 2 fully saturated rings. The zero-order valence-electron chi connectivity index (χ0n) is 65.1. The molecule has 4 aliphatic heterocycles. The van der Waals surface area contributed by atoms with E-state index in [-0.39, 0.29) is 103 Å². The molecule has 8 aromatic rings. The number of carbonyl (C=O) groups excluding carboxylic acids is 6. The molecule has 0 N–H and O–H groups in total. The molecule has 0 radical (unpaired) electrons. The van der Waals surface area contributed by atoms with Crippen molar-refractivity contribution in [2.45, 2.75) is 115 Å². The monoisotopic (exact) mass is 1540 g/mol. The van der Waals surface area contributed by atoms with E-state index in [1.165, 1.54) is 0 Å². The first-order valence-corrected chi connectivity index (χ1v) is 39.4. The van der Waals surface area contributed by atoms with Crippen molar-refractivity contribution >= 4 is 80.9 Å². The van der Waals surface area contributed by atoms with Crippen LogP contribution in [0.2, 0.25) is 0 Å². The van der Waals surface area contributed by atoms with E-state index >= 15 is 0 Å². The van der Waals surface area contributed by atoms with E-state index in [1.807, 2.05) is 111 Å². The van der Waals surface area contributed by atoms with Crippen molar-refractivity contribution in [3.05, 3.63) is 203 Å². The molecule has 596 valence electrons. The summed E-state index contributed by atoms with van der Waals surface area (Å²) in [7, 11) is 3.28. The average Bonchev–Trinajstić information content (AvgIpc) is 0.738. The lowest BCUT2D eigenvalue weighted by atomic mass is 9.83. The molecule has 2 saturated heterocycles. The first-order chi connectivity index (χ1) is 55.2. The van der Waals surface area contributed by atoms with Crippen molar-refractivity contribution in [1.82, 2.24) is 0 Å². The number of fused-ring (bicyclic) bond motifs is 6. The first kappa shape index (κ1) is 81.4. The van der Waals surface area contributed by atoms with Gasteiger partial charge in [0.2, 0.25) is 0 Å². The number of ether oxygens (including phenoxy) is 14. The predicted molar refractivity (Wildman–Crippen MR) is 429 cm³/mol. The number of anilines is 2. The van der Waals surface area contributed by atoms with Crippen molar-refractivity contribution in [2.24, 2.45) is 5.41 Å². The first-order valence-electron chi connectivity index (χ1n) is 39.4. The molecule has 0 aromatic heterocycles. The van der Waals surface area contributed by atoms with Gasteiger partial charge in [0.05, 0.1) is 79.5 Å². The molecule has 8 aromatic carbocycles. The molecule has 22 heteroatoms. The van der Waals surface area contributed by atoms with Crippen LogP contribution in [0.25, 0.3) is 33.7 Å². The van der Waals surface area contributed by atoms with Gasteiger partial charge in [0.1, 0.15) is 74.1 Å². The number of benzene rings is 8. The Hall–Kier alpha value is -11.1. The number of carbonyl (C=O) groups is 6. The van der Waals surface area contributed by atoms with Gasteiger partial charge < -0.3 is 76.1 Å². The zero-order valence-corrected chi connectivity index (χ0v) is 65.1. The van der Waals surface area contributed by atoms with Crippen molar-refractivity contribution in [3.8, 4) is 34.5 Å². The summed E-state index contributed by atoms with van der Waals surface area (Å²) in [6, 6.07) is 52.2. The molecule has 22 nitrogen and oxygen atoms in total. The van der Waals surface area contributed by atoms with Crippen LogP contribution in [-0.2, 0) is 77.9 Å². The number of nitrogens with zero attached hydrogens (tertiary/aromatic N) is 2. The van der Waals surface area contributed by atoms with Crippen LogP contribution >= 0.6 is 0 Å². The highest BCUT2D eigenvalue weighted by Crippen LogP contribution is 2.50. The van der Waals surface area contributed by atoms with E-state index in [0.717, 1.165) is 115 Å². The van der Waals surface area contributed by atoms with E-state index in [1.54, 1.807) is 14.2 Å². The molecule has 0 spiro atoms. The van der Waals surface area contributed by atoms with Crippen molar-refractivity contribution in [1.29, 1.82) is 0 Å². The third-order valence-electron chi connectivity index (χ3n) is 21.3. The van der Waals surface area contributed by atoms with Crippen LogP contribution < -0.4 is 38.2 Å². The number of unbranched alkanes of at least 4 members (excludes halogenated alkanes) is 4. The molecule has 0 saturated carbocycles. The van der Waals surface area contributed by atoms with Gasteiger partial charge in [0.15, 0.2) is 11.2 Å². The smallest absolute Gasteiger partial charge is 0.306 e. The van der Waals surface area contributed by atoms with Crippen molar-refractivity contribution < 1.29 is 95.1 Å². The van der Waals surface area contributed by atoms with Crippen LogP contribution in [0.4, 0.5) is 11.4 Å². The van der Waals surface area contributed by atoms with Gasteiger partial charge in [0.25, 0.3) is 0 Å². The summed E-state index contributed by atoms with van der Waals surface area (Å²) in [5, 5.41) is 4.53. The molecule has 12 rings (SSSR count).